The molecule has 6 nitrogen and oxygen atoms in total. The van der Waals surface area contributed by atoms with E-state index in [2.05, 4.69) is 20.6 Å². The fraction of sp³-hybridized carbons (Fsp3) is 0.364. The van der Waals surface area contributed by atoms with Gasteiger partial charge in [0.2, 0.25) is 0 Å². The summed E-state index contributed by atoms with van der Waals surface area (Å²) in [7, 11) is 0. The second-order valence-electron chi connectivity index (χ2n) is 3.76. The van der Waals surface area contributed by atoms with Crippen LogP contribution in [0.4, 0.5) is 0 Å². The topological polar surface area (TPSA) is 75.9 Å². The van der Waals surface area contributed by atoms with Gasteiger partial charge in [-0.25, -0.2) is 0 Å². The predicted molar refractivity (Wildman–Crippen MR) is 62.4 cm³/mol. The second kappa shape index (κ2) is 5.40. The molecule has 6 heteroatoms. The van der Waals surface area contributed by atoms with Gasteiger partial charge in [0, 0.05) is 25.0 Å². The third-order valence-electron chi connectivity index (χ3n) is 2.37. The van der Waals surface area contributed by atoms with Gasteiger partial charge < -0.3 is 10.4 Å². The van der Waals surface area contributed by atoms with E-state index in [0.717, 1.165) is 18.8 Å². The van der Waals surface area contributed by atoms with E-state index in [0.29, 0.717) is 12.2 Å². The number of rotatable bonds is 5. The minimum atomic E-state index is 0.226. The van der Waals surface area contributed by atoms with E-state index < -0.39 is 0 Å². The summed E-state index contributed by atoms with van der Waals surface area (Å²) in [6.07, 6.45) is 3.46. The van der Waals surface area contributed by atoms with Crippen molar-refractivity contribution in [3.63, 3.8) is 0 Å². The number of aromatic nitrogens is 4. The van der Waals surface area contributed by atoms with Gasteiger partial charge in [0.15, 0.2) is 0 Å². The lowest BCUT2D eigenvalue weighted by molar-refractivity contribution is 0.456. The zero-order valence-corrected chi connectivity index (χ0v) is 9.67. The Bertz CT molecular complexity index is 469. The maximum absolute atomic E-state index is 9.59. The molecule has 0 unspecified atom stereocenters. The monoisotopic (exact) mass is 233 g/mol. The number of nitrogens with zero attached hydrogens (tertiary/aromatic N) is 4. The predicted octanol–water partition coefficient (Wildman–Crippen LogP) is 0.477. The van der Waals surface area contributed by atoms with Gasteiger partial charge in [-0.15, -0.1) is 5.10 Å². The van der Waals surface area contributed by atoms with E-state index in [1.54, 1.807) is 23.0 Å². The van der Waals surface area contributed by atoms with E-state index in [1.165, 1.54) is 0 Å². The molecule has 0 aliphatic carbocycles. The summed E-state index contributed by atoms with van der Waals surface area (Å²) in [6.45, 7) is 3.94. The minimum absolute atomic E-state index is 0.226. The van der Waals surface area contributed by atoms with Gasteiger partial charge in [-0.2, -0.15) is 0 Å². The molecule has 0 saturated carbocycles. The first-order chi connectivity index (χ1) is 8.25. The fourth-order valence-corrected chi connectivity index (χ4v) is 1.49. The molecule has 0 aliphatic heterocycles. The summed E-state index contributed by atoms with van der Waals surface area (Å²) in [4.78, 5) is 4.26. The van der Waals surface area contributed by atoms with E-state index in [9.17, 15) is 5.11 Å². The molecule has 90 valence electrons. The Hall–Kier alpha value is -1.95. The molecule has 0 aliphatic rings. The smallest absolute Gasteiger partial charge is 0.138 e. The van der Waals surface area contributed by atoms with Crippen LogP contribution >= 0.6 is 0 Å². The van der Waals surface area contributed by atoms with Gasteiger partial charge >= 0.3 is 0 Å². The van der Waals surface area contributed by atoms with Crippen molar-refractivity contribution in [2.24, 2.45) is 0 Å². The molecule has 0 bridgehead atoms. The molecule has 0 fully saturated rings. The maximum atomic E-state index is 9.59. The zero-order valence-electron chi connectivity index (χ0n) is 9.67. The second-order valence-corrected chi connectivity index (χ2v) is 3.76. The Labute approximate surface area is 99.3 Å². The van der Waals surface area contributed by atoms with Crippen LogP contribution < -0.4 is 5.32 Å². The quantitative estimate of drug-likeness (QED) is 0.734. The van der Waals surface area contributed by atoms with Crippen molar-refractivity contribution in [3.05, 3.63) is 35.9 Å². The van der Waals surface area contributed by atoms with E-state index in [-0.39, 0.29) is 5.75 Å². The molecule has 0 amide bonds. The molecule has 0 saturated heterocycles. The minimum Gasteiger partial charge on any atom is -0.506 e. The lowest BCUT2D eigenvalue weighted by Crippen LogP contribution is -2.20. The Kier molecular flexibility index (Phi) is 3.66. The number of hydrogen-bond donors (Lipinski definition) is 2. The molecule has 2 rings (SSSR count). The van der Waals surface area contributed by atoms with Crippen LogP contribution in [0.25, 0.3) is 0 Å². The van der Waals surface area contributed by atoms with Crippen molar-refractivity contribution in [2.75, 3.05) is 6.54 Å². The number of nitrogens with one attached hydrogen (secondary N) is 1. The van der Waals surface area contributed by atoms with Crippen LogP contribution in [0.2, 0.25) is 0 Å². The Balaban J connectivity index is 1.80. The van der Waals surface area contributed by atoms with Crippen molar-refractivity contribution >= 4 is 0 Å². The van der Waals surface area contributed by atoms with Crippen molar-refractivity contribution in [1.82, 2.24) is 25.3 Å². The van der Waals surface area contributed by atoms with Gasteiger partial charge in [0.25, 0.3) is 0 Å². The number of aromatic hydroxyl groups is 1. The molecule has 2 aromatic rings. The van der Waals surface area contributed by atoms with Crippen LogP contribution in [-0.2, 0) is 13.1 Å². The third kappa shape index (κ3) is 3.25. The molecule has 0 atom stereocenters. The highest BCUT2D eigenvalue weighted by Crippen LogP contribution is 2.13. The van der Waals surface area contributed by atoms with Crippen molar-refractivity contribution < 1.29 is 5.11 Å². The highest BCUT2D eigenvalue weighted by molar-refractivity contribution is 5.27. The van der Waals surface area contributed by atoms with Crippen LogP contribution in [0.1, 0.15) is 11.4 Å². The highest BCUT2D eigenvalue weighted by atomic mass is 16.3. The van der Waals surface area contributed by atoms with Gasteiger partial charge in [-0.05, 0) is 19.1 Å². The average Bonchev–Trinajstić information content (AvgIpc) is 2.82. The summed E-state index contributed by atoms with van der Waals surface area (Å²) in [5.41, 5.74) is 1.57. The number of hydrogen-bond acceptors (Lipinski definition) is 5. The first-order valence-electron chi connectivity index (χ1n) is 5.46. The first kappa shape index (κ1) is 11.5. The molecule has 0 radical (unpaired) electrons. The van der Waals surface area contributed by atoms with E-state index >= 15 is 0 Å². The molecule has 2 N–H and O–H groups in total. The van der Waals surface area contributed by atoms with Crippen LogP contribution in [0, 0.1) is 6.92 Å². The standard InChI is InChI=1S/C11H15N5O/c1-9-2-3-11(17)10(14-9)8-12-4-6-16-7-5-13-15-16/h2-3,5,7,12,17H,4,6,8H2,1H3. The van der Waals surface area contributed by atoms with E-state index in [4.69, 9.17) is 0 Å². The summed E-state index contributed by atoms with van der Waals surface area (Å²) in [5.74, 6) is 0.226. The van der Waals surface area contributed by atoms with Crippen LogP contribution in [-0.4, -0.2) is 31.6 Å². The highest BCUT2D eigenvalue weighted by Gasteiger charge is 2.02. The van der Waals surface area contributed by atoms with Crippen LogP contribution in [0.5, 0.6) is 5.75 Å². The first-order valence-corrected chi connectivity index (χ1v) is 5.46. The summed E-state index contributed by atoms with van der Waals surface area (Å²) < 4.78 is 1.75. The van der Waals surface area contributed by atoms with Crippen molar-refractivity contribution in [1.29, 1.82) is 0 Å². The van der Waals surface area contributed by atoms with E-state index in [1.807, 2.05) is 13.1 Å². The largest absolute Gasteiger partial charge is 0.506 e. The summed E-state index contributed by atoms with van der Waals surface area (Å²) >= 11 is 0. The van der Waals surface area contributed by atoms with Crippen LogP contribution in [0.3, 0.4) is 0 Å². The van der Waals surface area contributed by atoms with Gasteiger partial charge in [-0.3, -0.25) is 9.67 Å². The Morgan fingerprint density at radius 1 is 1.41 bits per heavy atom. The number of aryl methyl sites for hydroxylation is 1. The molecule has 2 heterocycles. The molecular formula is C11H15N5O. The van der Waals surface area contributed by atoms with Gasteiger partial charge in [-0.1, -0.05) is 5.21 Å². The molecule has 2 aromatic heterocycles. The Morgan fingerprint density at radius 2 is 2.29 bits per heavy atom. The number of pyridine rings is 1. The molecule has 0 spiro atoms. The third-order valence-corrected chi connectivity index (χ3v) is 2.37. The van der Waals surface area contributed by atoms with Crippen molar-refractivity contribution in [3.8, 4) is 5.75 Å². The van der Waals surface area contributed by atoms with Gasteiger partial charge in [0.05, 0.1) is 18.4 Å². The lowest BCUT2D eigenvalue weighted by Gasteiger charge is -2.06. The fourth-order valence-electron chi connectivity index (χ4n) is 1.49. The Morgan fingerprint density at radius 3 is 3.06 bits per heavy atom. The van der Waals surface area contributed by atoms with Crippen molar-refractivity contribution in [2.45, 2.75) is 20.0 Å². The zero-order chi connectivity index (χ0) is 12.1. The van der Waals surface area contributed by atoms with Gasteiger partial charge in [0.1, 0.15) is 5.75 Å². The van der Waals surface area contributed by atoms with Crippen LogP contribution in [0.15, 0.2) is 24.5 Å². The maximum Gasteiger partial charge on any atom is 0.138 e. The SMILES string of the molecule is Cc1ccc(O)c(CNCCn2ccnn2)n1. The summed E-state index contributed by atoms with van der Waals surface area (Å²) in [5, 5.41) is 20.4. The molecule has 17 heavy (non-hydrogen) atoms. The average molecular weight is 233 g/mol. The molecular weight excluding hydrogens is 218 g/mol. The summed E-state index contributed by atoms with van der Waals surface area (Å²) in [6, 6.07) is 3.45. The molecule has 0 aromatic carbocycles. The normalized spacial score (nSPS) is 10.6. The lowest BCUT2D eigenvalue weighted by atomic mass is 10.3.